The lowest BCUT2D eigenvalue weighted by Crippen LogP contribution is -2.45. The summed E-state index contributed by atoms with van der Waals surface area (Å²) in [4.78, 5) is 12.1. The van der Waals surface area contributed by atoms with Gasteiger partial charge in [0.1, 0.15) is 0 Å². The zero-order chi connectivity index (χ0) is 22.1. The first-order valence-electron chi connectivity index (χ1n) is 10.5. The summed E-state index contributed by atoms with van der Waals surface area (Å²) in [6, 6.07) is 0. The molecule has 1 fully saturated rings. The van der Waals surface area contributed by atoms with Crippen LogP contribution in [0.2, 0.25) is 36.3 Å². The molecule has 1 rings (SSSR count). The van der Waals surface area contributed by atoms with Crippen molar-refractivity contribution < 1.29 is 23.5 Å². The molecular formula is C21H44O5Si2. The van der Waals surface area contributed by atoms with Gasteiger partial charge in [-0.05, 0) is 42.7 Å². The second-order valence-electron chi connectivity index (χ2n) is 11.4. The fraction of sp³-hybridized carbons (Fsp3) is 0.952. The Bertz CT molecular complexity index is 534. The molecule has 4 atom stereocenters. The Morgan fingerprint density at radius 2 is 1.29 bits per heavy atom. The average Bonchev–Trinajstić information content (AvgIpc) is 2.79. The fourth-order valence-electron chi connectivity index (χ4n) is 3.32. The topological polar surface area (TPSA) is 65.0 Å². The van der Waals surface area contributed by atoms with Gasteiger partial charge in [0.05, 0.1) is 25.7 Å². The van der Waals surface area contributed by atoms with Crippen LogP contribution in [0.15, 0.2) is 0 Å². The maximum absolute atomic E-state index is 12.1. The van der Waals surface area contributed by atoms with Crippen molar-refractivity contribution in [1.82, 2.24) is 0 Å². The number of carbonyl (C=O) groups excluding carboxylic acids is 1. The molecule has 1 saturated carbocycles. The standard InChI is InChI=1S/C21H44O5Si2/c1-20(2,3)27(8,9)25-17-13-18(26-28(10,11)21(4,5)6)16(14-22)15(17)12-19(23)24-7/h15-18,22H,12-14H2,1-11H3/t15?,16-,17+,18-/m0/s1. The largest absolute Gasteiger partial charge is 0.469 e. The Kier molecular flexibility index (Phi) is 8.19. The van der Waals surface area contributed by atoms with E-state index in [9.17, 15) is 9.90 Å². The van der Waals surface area contributed by atoms with Crippen LogP contribution in [0.4, 0.5) is 0 Å². The van der Waals surface area contributed by atoms with Crippen LogP contribution in [-0.2, 0) is 18.4 Å². The number of carbonyl (C=O) groups is 1. The molecule has 0 bridgehead atoms. The second-order valence-corrected chi connectivity index (χ2v) is 20.9. The van der Waals surface area contributed by atoms with E-state index < -0.39 is 16.6 Å². The Morgan fingerprint density at radius 1 is 0.893 bits per heavy atom. The van der Waals surface area contributed by atoms with Crippen molar-refractivity contribution in [2.45, 2.75) is 103 Å². The van der Waals surface area contributed by atoms with Crippen LogP contribution in [0.3, 0.4) is 0 Å². The molecule has 1 aliphatic carbocycles. The molecule has 0 saturated heterocycles. The number of aliphatic hydroxyl groups is 1. The van der Waals surface area contributed by atoms with E-state index in [1.807, 2.05) is 0 Å². The van der Waals surface area contributed by atoms with E-state index in [2.05, 4.69) is 67.7 Å². The highest BCUT2D eigenvalue weighted by molar-refractivity contribution is 6.74. The van der Waals surface area contributed by atoms with Gasteiger partial charge in [-0.25, -0.2) is 0 Å². The normalized spacial score (nSPS) is 27.1. The molecule has 0 aromatic heterocycles. The SMILES string of the molecule is COC(=O)CC1[C@H](O[Si](C)(C)C(C)(C)C)C[C@H](O[Si](C)(C)C(C)(C)C)[C@H]1CO. The molecule has 166 valence electrons. The van der Waals surface area contributed by atoms with Crippen molar-refractivity contribution >= 4 is 22.6 Å². The third kappa shape index (κ3) is 5.91. The summed E-state index contributed by atoms with van der Waals surface area (Å²) >= 11 is 0. The Morgan fingerprint density at radius 3 is 1.61 bits per heavy atom. The van der Waals surface area contributed by atoms with E-state index in [0.29, 0.717) is 0 Å². The summed E-state index contributed by atoms with van der Waals surface area (Å²) in [5, 5.41) is 10.4. The number of methoxy groups -OCH3 is 1. The predicted octanol–water partition coefficient (Wildman–Crippen LogP) is 4.96. The number of hydrogen-bond donors (Lipinski definition) is 1. The minimum absolute atomic E-state index is 0.00167. The third-order valence-corrected chi connectivity index (χ3v) is 16.3. The van der Waals surface area contributed by atoms with E-state index >= 15 is 0 Å². The maximum atomic E-state index is 12.1. The molecule has 5 nitrogen and oxygen atoms in total. The summed E-state index contributed by atoms with van der Waals surface area (Å²) in [6.07, 6.45) is 0.812. The van der Waals surface area contributed by atoms with E-state index in [4.69, 9.17) is 13.6 Å². The summed E-state index contributed by atoms with van der Waals surface area (Å²) in [6.45, 7) is 22.3. The summed E-state index contributed by atoms with van der Waals surface area (Å²) < 4.78 is 18.4. The maximum Gasteiger partial charge on any atom is 0.305 e. The van der Waals surface area contributed by atoms with Crippen molar-refractivity contribution in [3.8, 4) is 0 Å². The van der Waals surface area contributed by atoms with Crippen LogP contribution in [0.5, 0.6) is 0 Å². The zero-order valence-electron chi connectivity index (χ0n) is 20.0. The molecule has 0 aromatic rings. The number of rotatable bonds is 7. The lowest BCUT2D eigenvalue weighted by atomic mass is 9.91. The molecule has 1 unspecified atom stereocenters. The average molecular weight is 433 g/mol. The van der Waals surface area contributed by atoms with Gasteiger partial charge >= 0.3 is 5.97 Å². The quantitative estimate of drug-likeness (QED) is 0.455. The zero-order valence-corrected chi connectivity index (χ0v) is 22.0. The van der Waals surface area contributed by atoms with Crippen molar-refractivity contribution in [3.63, 3.8) is 0 Å². The number of ether oxygens (including phenoxy) is 1. The molecule has 1 N–H and O–H groups in total. The van der Waals surface area contributed by atoms with Crippen molar-refractivity contribution in [2.24, 2.45) is 11.8 Å². The minimum atomic E-state index is -2.02. The van der Waals surface area contributed by atoms with Crippen LogP contribution in [0.1, 0.15) is 54.4 Å². The van der Waals surface area contributed by atoms with Gasteiger partial charge in [0.15, 0.2) is 16.6 Å². The second kappa shape index (κ2) is 8.88. The van der Waals surface area contributed by atoms with Gasteiger partial charge in [-0.3, -0.25) is 4.79 Å². The molecule has 1 aliphatic rings. The lowest BCUT2D eigenvalue weighted by Gasteiger charge is -2.40. The van der Waals surface area contributed by atoms with Gasteiger partial charge < -0.3 is 18.7 Å². The summed E-state index contributed by atoms with van der Waals surface area (Å²) in [5.41, 5.74) is 0. The highest BCUT2D eigenvalue weighted by Gasteiger charge is 2.51. The van der Waals surface area contributed by atoms with E-state index in [0.717, 1.165) is 6.42 Å². The Labute approximate surface area is 174 Å². The summed E-state index contributed by atoms with van der Waals surface area (Å²) in [7, 11) is -2.61. The molecular weight excluding hydrogens is 388 g/mol. The van der Waals surface area contributed by atoms with Gasteiger partial charge in [0.25, 0.3) is 0 Å². The minimum Gasteiger partial charge on any atom is -0.469 e. The van der Waals surface area contributed by atoms with Crippen LogP contribution < -0.4 is 0 Å². The molecule has 0 radical (unpaired) electrons. The van der Waals surface area contributed by atoms with Gasteiger partial charge in [0.2, 0.25) is 0 Å². The lowest BCUT2D eigenvalue weighted by molar-refractivity contribution is -0.143. The molecule has 0 aromatic carbocycles. The first-order valence-corrected chi connectivity index (χ1v) is 16.3. The van der Waals surface area contributed by atoms with Crippen LogP contribution in [-0.4, -0.2) is 53.6 Å². The van der Waals surface area contributed by atoms with Crippen LogP contribution in [0.25, 0.3) is 0 Å². The van der Waals surface area contributed by atoms with Crippen LogP contribution >= 0.6 is 0 Å². The van der Waals surface area contributed by atoms with Gasteiger partial charge in [-0.15, -0.1) is 0 Å². The smallest absolute Gasteiger partial charge is 0.305 e. The molecule has 0 amide bonds. The van der Waals surface area contributed by atoms with Crippen molar-refractivity contribution in [3.05, 3.63) is 0 Å². The fourth-order valence-corrected chi connectivity index (χ4v) is 6.09. The highest BCUT2D eigenvalue weighted by Crippen LogP contribution is 2.47. The Hall–Kier alpha value is -0.216. The van der Waals surface area contributed by atoms with E-state index in [1.165, 1.54) is 7.11 Å². The highest BCUT2D eigenvalue weighted by atomic mass is 28.4. The predicted molar refractivity (Wildman–Crippen MR) is 119 cm³/mol. The molecule has 0 aliphatic heterocycles. The van der Waals surface area contributed by atoms with Gasteiger partial charge in [-0.1, -0.05) is 41.5 Å². The van der Waals surface area contributed by atoms with Gasteiger partial charge in [0, 0.05) is 18.4 Å². The molecule has 7 heteroatoms. The van der Waals surface area contributed by atoms with E-state index in [1.54, 1.807) is 0 Å². The van der Waals surface area contributed by atoms with Gasteiger partial charge in [-0.2, -0.15) is 0 Å². The number of esters is 1. The summed E-state index contributed by atoms with van der Waals surface area (Å²) in [5.74, 6) is -0.440. The number of aliphatic hydroxyl groups excluding tert-OH is 1. The molecule has 0 spiro atoms. The number of hydrogen-bond acceptors (Lipinski definition) is 5. The van der Waals surface area contributed by atoms with Crippen LogP contribution in [0, 0.1) is 11.8 Å². The first-order chi connectivity index (χ1) is 12.5. The van der Waals surface area contributed by atoms with Crippen molar-refractivity contribution in [1.29, 1.82) is 0 Å². The molecule has 0 heterocycles. The Balaban J connectivity index is 3.17. The molecule has 28 heavy (non-hydrogen) atoms. The van der Waals surface area contributed by atoms with Crippen molar-refractivity contribution in [2.75, 3.05) is 13.7 Å². The first kappa shape index (κ1) is 25.8. The van der Waals surface area contributed by atoms with E-state index in [-0.39, 0.29) is 53.1 Å². The third-order valence-electron chi connectivity index (χ3n) is 7.31. The monoisotopic (exact) mass is 432 g/mol.